The van der Waals surface area contributed by atoms with Crippen LogP contribution < -0.4 is 5.32 Å². The molecule has 18 heavy (non-hydrogen) atoms. The molecular formula is C14H17BrN2O. The van der Waals surface area contributed by atoms with Crippen LogP contribution in [0.5, 0.6) is 0 Å². The standard InChI is InChI=1S/C14H17BrN2O/c1-10(2)7-13(8-15)17-14(18)12-5-3-11(9-16)4-6-12/h3-6,10,13H,7-8H2,1-2H3,(H,17,18). The number of amides is 1. The van der Waals surface area contributed by atoms with E-state index in [2.05, 4.69) is 35.1 Å². The summed E-state index contributed by atoms with van der Waals surface area (Å²) in [4.78, 5) is 12.0. The van der Waals surface area contributed by atoms with Crippen molar-refractivity contribution >= 4 is 21.8 Å². The normalized spacial score (nSPS) is 11.9. The Labute approximate surface area is 116 Å². The van der Waals surface area contributed by atoms with E-state index in [-0.39, 0.29) is 11.9 Å². The highest BCUT2D eigenvalue weighted by Gasteiger charge is 2.13. The van der Waals surface area contributed by atoms with Crippen molar-refractivity contribution in [1.82, 2.24) is 5.32 Å². The number of nitriles is 1. The van der Waals surface area contributed by atoms with Gasteiger partial charge in [0, 0.05) is 16.9 Å². The Morgan fingerprint density at radius 2 is 2.00 bits per heavy atom. The van der Waals surface area contributed by atoms with Crippen LogP contribution in [0.25, 0.3) is 0 Å². The molecule has 0 saturated heterocycles. The molecule has 3 nitrogen and oxygen atoms in total. The minimum atomic E-state index is -0.0930. The summed E-state index contributed by atoms with van der Waals surface area (Å²) in [5, 5.41) is 12.4. The van der Waals surface area contributed by atoms with Crippen LogP contribution in [0.3, 0.4) is 0 Å². The molecule has 0 aliphatic rings. The molecule has 96 valence electrons. The van der Waals surface area contributed by atoms with E-state index < -0.39 is 0 Å². The van der Waals surface area contributed by atoms with Crippen LogP contribution >= 0.6 is 15.9 Å². The first-order valence-corrected chi connectivity index (χ1v) is 7.06. The first-order chi connectivity index (χ1) is 8.56. The summed E-state index contributed by atoms with van der Waals surface area (Å²) in [5.41, 5.74) is 1.15. The Hall–Kier alpha value is -1.34. The van der Waals surface area contributed by atoms with E-state index in [1.54, 1.807) is 24.3 Å². The van der Waals surface area contributed by atoms with Crippen molar-refractivity contribution in [3.8, 4) is 6.07 Å². The summed E-state index contributed by atoms with van der Waals surface area (Å²) < 4.78 is 0. The monoisotopic (exact) mass is 308 g/mol. The first kappa shape index (κ1) is 14.7. The van der Waals surface area contributed by atoms with Crippen LogP contribution in [0.1, 0.15) is 36.2 Å². The predicted molar refractivity (Wildman–Crippen MR) is 75.7 cm³/mol. The van der Waals surface area contributed by atoms with Gasteiger partial charge in [0.1, 0.15) is 0 Å². The Bertz CT molecular complexity index is 434. The fourth-order valence-corrected chi connectivity index (χ4v) is 2.12. The lowest BCUT2D eigenvalue weighted by Gasteiger charge is -2.18. The second-order valence-electron chi connectivity index (χ2n) is 4.64. The van der Waals surface area contributed by atoms with Gasteiger partial charge in [0.05, 0.1) is 11.6 Å². The summed E-state index contributed by atoms with van der Waals surface area (Å²) in [6.45, 7) is 4.26. The Morgan fingerprint density at radius 3 is 2.44 bits per heavy atom. The molecule has 0 aliphatic heterocycles. The van der Waals surface area contributed by atoms with Crippen LogP contribution in [0.15, 0.2) is 24.3 Å². The molecule has 0 bridgehead atoms. The van der Waals surface area contributed by atoms with Gasteiger partial charge in [0.2, 0.25) is 0 Å². The Kier molecular flexibility index (Phi) is 5.87. The van der Waals surface area contributed by atoms with E-state index >= 15 is 0 Å². The summed E-state index contributed by atoms with van der Waals surface area (Å²) in [6, 6.07) is 8.82. The van der Waals surface area contributed by atoms with E-state index in [1.807, 2.05) is 6.07 Å². The topological polar surface area (TPSA) is 52.9 Å². The van der Waals surface area contributed by atoms with Crippen molar-refractivity contribution in [3.63, 3.8) is 0 Å². The lowest BCUT2D eigenvalue weighted by Crippen LogP contribution is -2.37. The highest BCUT2D eigenvalue weighted by atomic mass is 79.9. The number of benzene rings is 1. The lowest BCUT2D eigenvalue weighted by molar-refractivity contribution is 0.0937. The van der Waals surface area contributed by atoms with Gasteiger partial charge in [-0.3, -0.25) is 4.79 Å². The van der Waals surface area contributed by atoms with Gasteiger partial charge >= 0.3 is 0 Å². The minimum Gasteiger partial charge on any atom is -0.348 e. The third-order valence-corrected chi connectivity index (χ3v) is 3.34. The predicted octanol–water partition coefficient (Wildman–Crippen LogP) is 3.10. The van der Waals surface area contributed by atoms with E-state index in [4.69, 9.17) is 5.26 Å². The van der Waals surface area contributed by atoms with Crippen molar-refractivity contribution in [3.05, 3.63) is 35.4 Å². The van der Waals surface area contributed by atoms with Gasteiger partial charge in [0.15, 0.2) is 0 Å². The molecule has 0 fully saturated rings. The van der Waals surface area contributed by atoms with Crippen molar-refractivity contribution in [2.45, 2.75) is 26.3 Å². The molecule has 0 saturated carbocycles. The van der Waals surface area contributed by atoms with Gasteiger partial charge < -0.3 is 5.32 Å². The van der Waals surface area contributed by atoms with Gasteiger partial charge in [0.25, 0.3) is 5.91 Å². The molecule has 0 radical (unpaired) electrons. The number of hydrogen-bond donors (Lipinski definition) is 1. The Balaban J connectivity index is 2.66. The zero-order valence-electron chi connectivity index (χ0n) is 10.6. The number of nitrogens with zero attached hydrogens (tertiary/aromatic N) is 1. The zero-order valence-corrected chi connectivity index (χ0v) is 12.2. The summed E-state index contributed by atoms with van der Waals surface area (Å²) >= 11 is 3.41. The smallest absolute Gasteiger partial charge is 0.251 e. The van der Waals surface area contributed by atoms with Crippen molar-refractivity contribution in [2.75, 3.05) is 5.33 Å². The molecule has 0 aromatic heterocycles. The fourth-order valence-electron chi connectivity index (χ4n) is 1.69. The van der Waals surface area contributed by atoms with Crippen molar-refractivity contribution in [1.29, 1.82) is 5.26 Å². The van der Waals surface area contributed by atoms with Crippen molar-refractivity contribution in [2.24, 2.45) is 5.92 Å². The molecule has 0 spiro atoms. The maximum Gasteiger partial charge on any atom is 0.251 e. The second kappa shape index (κ2) is 7.17. The molecule has 1 amide bonds. The second-order valence-corrected chi connectivity index (χ2v) is 5.29. The summed E-state index contributed by atoms with van der Waals surface area (Å²) in [6.07, 6.45) is 0.938. The van der Waals surface area contributed by atoms with Gasteiger partial charge in [-0.05, 0) is 36.6 Å². The maximum absolute atomic E-state index is 12.0. The third-order valence-electron chi connectivity index (χ3n) is 2.55. The van der Waals surface area contributed by atoms with Crippen molar-refractivity contribution < 1.29 is 4.79 Å². The number of halogens is 1. The van der Waals surface area contributed by atoms with Crippen LogP contribution in [0, 0.1) is 17.2 Å². The zero-order chi connectivity index (χ0) is 13.5. The van der Waals surface area contributed by atoms with Crippen LogP contribution in [0.4, 0.5) is 0 Å². The average Bonchev–Trinajstić information content (AvgIpc) is 2.37. The molecule has 0 aliphatic carbocycles. The summed E-state index contributed by atoms with van der Waals surface area (Å²) in [7, 11) is 0. The van der Waals surface area contributed by atoms with E-state index in [9.17, 15) is 4.79 Å². The number of alkyl halides is 1. The molecule has 1 aromatic rings. The first-order valence-electron chi connectivity index (χ1n) is 5.93. The molecule has 1 unspecified atom stereocenters. The quantitative estimate of drug-likeness (QED) is 0.850. The largest absolute Gasteiger partial charge is 0.348 e. The third kappa shape index (κ3) is 4.50. The SMILES string of the molecule is CC(C)CC(CBr)NC(=O)c1ccc(C#N)cc1. The highest BCUT2D eigenvalue weighted by Crippen LogP contribution is 2.09. The average molecular weight is 309 g/mol. The van der Waals surface area contributed by atoms with Crippen LogP contribution in [0.2, 0.25) is 0 Å². The number of hydrogen-bond acceptors (Lipinski definition) is 2. The molecule has 4 heteroatoms. The van der Waals surface area contributed by atoms with E-state index in [1.165, 1.54) is 0 Å². The summed E-state index contributed by atoms with van der Waals surface area (Å²) in [5.74, 6) is 0.443. The highest BCUT2D eigenvalue weighted by molar-refractivity contribution is 9.09. The van der Waals surface area contributed by atoms with Gasteiger partial charge in [-0.1, -0.05) is 29.8 Å². The van der Waals surface area contributed by atoms with E-state index in [0.717, 1.165) is 11.8 Å². The number of nitrogens with one attached hydrogen (secondary N) is 1. The Morgan fingerprint density at radius 1 is 1.39 bits per heavy atom. The molecule has 0 heterocycles. The molecule has 1 rings (SSSR count). The fraction of sp³-hybridized carbons (Fsp3) is 0.429. The molecule has 1 aromatic carbocycles. The molecule has 1 atom stereocenters. The van der Waals surface area contributed by atoms with Gasteiger partial charge in [-0.15, -0.1) is 0 Å². The number of carbonyl (C=O) groups excluding carboxylic acids is 1. The minimum absolute atomic E-state index is 0.0930. The lowest BCUT2D eigenvalue weighted by atomic mass is 10.0. The van der Waals surface area contributed by atoms with E-state index in [0.29, 0.717) is 17.0 Å². The van der Waals surface area contributed by atoms with Gasteiger partial charge in [-0.25, -0.2) is 0 Å². The van der Waals surface area contributed by atoms with Crippen LogP contribution in [-0.4, -0.2) is 17.3 Å². The molecular weight excluding hydrogens is 292 g/mol. The molecule has 1 N–H and O–H groups in total. The maximum atomic E-state index is 12.0. The number of rotatable bonds is 5. The number of carbonyl (C=O) groups is 1. The van der Waals surface area contributed by atoms with Gasteiger partial charge in [-0.2, -0.15) is 5.26 Å². The van der Waals surface area contributed by atoms with Crippen LogP contribution in [-0.2, 0) is 0 Å².